The van der Waals surface area contributed by atoms with Crippen LogP contribution in [-0.2, 0) is 12.8 Å². The first kappa shape index (κ1) is 21.1. The molecule has 2 aromatic rings. The van der Waals surface area contributed by atoms with Gasteiger partial charge in [-0.1, -0.05) is 82.3 Å². The fourth-order valence-electron chi connectivity index (χ4n) is 2.73. The molecule has 2 aromatic carbocycles. The van der Waals surface area contributed by atoms with E-state index in [0.717, 1.165) is 30.4 Å². The van der Waals surface area contributed by atoms with Crippen LogP contribution < -0.4 is 0 Å². The van der Waals surface area contributed by atoms with Gasteiger partial charge in [0.15, 0.2) is 0 Å². The Labute approximate surface area is 153 Å². The molecule has 138 valence electrons. The second kappa shape index (κ2) is 13.3. The average Bonchev–Trinajstić information content (AvgIpc) is 2.63. The van der Waals surface area contributed by atoms with Crippen LogP contribution in [0.25, 0.3) is 0 Å². The minimum Gasteiger partial charge on any atom is -0.508 e. The topological polar surface area (TPSA) is 40.5 Å². The third-order valence-corrected chi connectivity index (χ3v) is 4.33. The summed E-state index contributed by atoms with van der Waals surface area (Å²) in [5, 5.41) is 18.9. The second-order valence-electron chi connectivity index (χ2n) is 6.53. The van der Waals surface area contributed by atoms with Crippen molar-refractivity contribution in [3.05, 3.63) is 59.7 Å². The van der Waals surface area contributed by atoms with Gasteiger partial charge in [-0.3, -0.25) is 0 Å². The highest BCUT2D eigenvalue weighted by atomic mass is 16.3. The van der Waals surface area contributed by atoms with Crippen LogP contribution in [0.3, 0.4) is 0 Å². The lowest BCUT2D eigenvalue weighted by Crippen LogP contribution is -1.86. The van der Waals surface area contributed by atoms with E-state index < -0.39 is 0 Å². The van der Waals surface area contributed by atoms with Gasteiger partial charge in [0.25, 0.3) is 0 Å². The molecule has 0 spiro atoms. The predicted octanol–water partition coefficient (Wildman–Crippen LogP) is 6.64. The number of aryl methyl sites for hydroxylation is 2. The lowest BCUT2D eigenvalue weighted by molar-refractivity contribution is 0.466. The number of rotatable bonds is 9. The van der Waals surface area contributed by atoms with Gasteiger partial charge < -0.3 is 10.2 Å². The molecule has 0 aliphatic carbocycles. The van der Waals surface area contributed by atoms with Crippen molar-refractivity contribution < 1.29 is 10.2 Å². The highest BCUT2D eigenvalue weighted by Gasteiger charge is 1.98. The Hall–Kier alpha value is -1.96. The van der Waals surface area contributed by atoms with E-state index in [9.17, 15) is 10.2 Å². The molecule has 0 bridgehead atoms. The molecule has 0 amide bonds. The average molecular weight is 343 g/mol. The molecular weight excluding hydrogens is 308 g/mol. The molecule has 0 heterocycles. The first-order valence-corrected chi connectivity index (χ1v) is 9.72. The van der Waals surface area contributed by atoms with Gasteiger partial charge in [-0.15, -0.1) is 0 Å². The lowest BCUT2D eigenvalue weighted by atomic mass is 10.0. The van der Waals surface area contributed by atoms with Gasteiger partial charge in [-0.05, 0) is 48.9 Å². The molecule has 0 aliphatic rings. The monoisotopic (exact) mass is 342 g/mol. The minimum absolute atomic E-state index is 0.431. The summed E-state index contributed by atoms with van der Waals surface area (Å²) in [7, 11) is 0. The molecule has 0 saturated heterocycles. The zero-order valence-corrected chi connectivity index (χ0v) is 15.9. The Morgan fingerprint density at radius 2 is 1.00 bits per heavy atom. The molecule has 0 aromatic heterocycles. The zero-order chi connectivity index (χ0) is 18.3. The number of unbranched alkanes of at least 4 members (excludes halogenated alkanes) is 5. The number of aromatic hydroxyl groups is 2. The Kier molecular flexibility index (Phi) is 11.3. The first-order chi connectivity index (χ1) is 12.2. The summed E-state index contributed by atoms with van der Waals surface area (Å²) in [4.78, 5) is 0. The Bertz CT molecular complexity index is 578. The van der Waals surface area contributed by atoms with Crippen LogP contribution in [0.2, 0.25) is 0 Å². The first-order valence-electron chi connectivity index (χ1n) is 9.72. The number of hydrogen-bond donors (Lipinski definition) is 2. The van der Waals surface area contributed by atoms with Crippen molar-refractivity contribution in [1.82, 2.24) is 0 Å². The molecule has 0 radical (unpaired) electrons. The van der Waals surface area contributed by atoms with E-state index in [0.29, 0.717) is 11.5 Å². The molecule has 2 nitrogen and oxygen atoms in total. The number of benzene rings is 2. The molecule has 25 heavy (non-hydrogen) atoms. The maximum absolute atomic E-state index is 9.51. The quantitative estimate of drug-likeness (QED) is 0.501. The van der Waals surface area contributed by atoms with Gasteiger partial charge in [0.1, 0.15) is 11.5 Å². The summed E-state index contributed by atoms with van der Waals surface area (Å²) in [5.74, 6) is 0.879. The minimum atomic E-state index is 0.431. The van der Waals surface area contributed by atoms with E-state index in [1.807, 2.05) is 36.4 Å². The Balaban J connectivity index is 0.000000257. The Morgan fingerprint density at radius 1 is 0.560 bits per heavy atom. The van der Waals surface area contributed by atoms with Gasteiger partial charge in [0.05, 0.1) is 0 Å². The van der Waals surface area contributed by atoms with Crippen LogP contribution in [0, 0.1) is 0 Å². The lowest BCUT2D eigenvalue weighted by Gasteiger charge is -2.03. The van der Waals surface area contributed by atoms with Crippen molar-refractivity contribution in [3.8, 4) is 11.5 Å². The summed E-state index contributed by atoms with van der Waals surface area (Å²) in [6.07, 6.45) is 10.7. The van der Waals surface area contributed by atoms with Crippen molar-refractivity contribution in [1.29, 1.82) is 0 Å². The molecule has 0 fully saturated rings. The third-order valence-electron chi connectivity index (χ3n) is 4.33. The van der Waals surface area contributed by atoms with Crippen molar-refractivity contribution in [2.24, 2.45) is 0 Å². The fourth-order valence-corrected chi connectivity index (χ4v) is 2.73. The van der Waals surface area contributed by atoms with E-state index in [1.54, 1.807) is 12.1 Å². The zero-order valence-electron chi connectivity index (χ0n) is 15.9. The SMILES string of the molecule is CCCCCCCc1ccccc1O.CCCCc1ccccc1O. The maximum Gasteiger partial charge on any atom is 0.118 e. The van der Waals surface area contributed by atoms with Crippen molar-refractivity contribution >= 4 is 0 Å². The maximum atomic E-state index is 9.51. The normalized spacial score (nSPS) is 10.2. The van der Waals surface area contributed by atoms with E-state index >= 15 is 0 Å². The molecular formula is C23H34O2. The van der Waals surface area contributed by atoms with Gasteiger partial charge in [0, 0.05) is 0 Å². The van der Waals surface area contributed by atoms with Gasteiger partial charge >= 0.3 is 0 Å². The van der Waals surface area contributed by atoms with Crippen molar-refractivity contribution in [2.75, 3.05) is 0 Å². The number of para-hydroxylation sites is 2. The van der Waals surface area contributed by atoms with Gasteiger partial charge in [0.2, 0.25) is 0 Å². The van der Waals surface area contributed by atoms with E-state index in [-0.39, 0.29) is 0 Å². The number of hydrogen-bond acceptors (Lipinski definition) is 2. The molecule has 2 heteroatoms. The van der Waals surface area contributed by atoms with Gasteiger partial charge in [-0.2, -0.15) is 0 Å². The summed E-state index contributed by atoms with van der Waals surface area (Å²) < 4.78 is 0. The van der Waals surface area contributed by atoms with E-state index in [2.05, 4.69) is 13.8 Å². The van der Waals surface area contributed by atoms with Crippen molar-refractivity contribution in [3.63, 3.8) is 0 Å². The largest absolute Gasteiger partial charge is 0.508 e. The molecule has 2 rings (SSSR count). The van der Waals surface area contributed by atoms with Crippen LogP contribution in [-0.4, -0.2) is 10.2 Å². The molecule has 2 N–H and O–H groups in total. The highest BCUT2D eigenvalue weighted by Crippen LogP contribution is 2.19. The standard InChI is InChI=1S/C13H20O.C10H14O/c1-2-3-4-5-6-9-12-10-7-8-11-13(12)14;1-2-3-6-9-7-4-5-8-10(9)11/h7-8,10-11,14H,2-6,9H2,1H3;4-5,7-8,11H,2-3,6H2,1H3. The predicted molar refractivity (Wildman–Crippen MR) is 107 cm³/mol. The van der Waals surface area contributed by atoms with E-state index in [4.69, 9.17) is 0 Å². The Morgan fingerprint density at radius 3 is 1.48 bits per heavy atom. The molecule has 0 atom stereocenters. The van der Waals surface area contributed by atoms with Crippen LogP contribution in [0.4, 0.5) is 0 Å². The summed E-state index contributed by atoms with van der Waals surface area (Å²) in [6, 6.07) is 15.2. The highest BCUT2D eigenvalue weighted by molar-refractivity contribution is 5.32. The number of phenols is 2. The van der Waals surface area contributed by atoms with Crippen LogP contribution >= 0.6 is 0 Å². The third kappa shape index (κ3) is 9.19. The number of phenolic OH excluding ortho intramolecular Hbond substituents is 2. The molecule has 0 unspecified atom stereocenters. The summed E-state index contributed by atoms with van der Waals surface area (Å²) in [6.45, 7) is 4.38. The van der Waals surface area contributed by atoms with Gasteiger partial charge in [-0.25, -0.2) is 0 Å². The molecule has 0 saturated carbocycles. The second-order valence-corrected chi connectivity index (χ2v) is 6.53. The summed E-state index contributed by atoms with van der Waals surface area (Å²) >= 11 is 0. The smallest absolute Gasteiger partial charge is 0.118 e. The summed E-state index contributed by atoms with van der Waals surface area (Å²) in [5.41, 5.74) is 2.15. The van der Waals surface area contributed by atoms with Crippen LogP contribution in [0.15, 0.2) is 48.5 Å². The molecule has 0 aliphatic heterocycles. The fraction of sp³-hybridized carbons (Fsp3) is 0.478. The van der Waals surface area contributed by atoms with Crippen LogP contribution in [0.1, 0.15) is 69.9 Å². The van der Waals surface area contributed by atoms with Crippen LogP contribution in [0.5, 0.6) is 11.5 Å². The van der Waals surface area contributed by atoms with Crippen molar-refractivity contribution in [2.45, 2.75) is 71.6 Å². The van der Waals surface area contributed by atoms with E-state index in [1.165, 1.54) is 38.5 Å².